The number of aliphatic imine (C=N–C) groups is 1. The predicted molar refractivity (Wildman–Crippen MR) is 119 cm³/mol. The van der Waals surface area contributed by atoms with Crippen LogP contribution in [-0.4, -0.2) is 45.2 Å². The van der Waals surface area contributed by atoms with Crippen LogP contribution >= 0.6 is 0 Å². The number of hydrogen-bond donors (Lipinski definition) is 3. The molecule has 29 heavy (non-hydrogen) atoms. The van der Waals surface area contributed by atoms with E-state index in [-0.39, 0.29) is 5.91 Å². The Morgan fingerprint density at radius 2 is 1.97 bits per heavy atom. The van der Waals surface area contributed by atoms with Gasteiger partial charge in [-0.15, -0.1) is 0 Å². The molecule has 1 amide bonds. The lowest BCUT2D eigenvalue weighted by molar-refractivity contribution is 0.0953. The third-order valence-electron chi connectivity index (χ3n) is 5.68. The number of ether oxygens (including phenoxy) is 1. The summed E-state index contributed by atoms with van der Waals surface area (Å²) in [7, 11) is 1.80. The van der Waals surface area contributed by atoms with E-state index in [2.05, 4.69) is 20.9 Å². The zero-order valence-electron chi connectivity index (χ0n) is 18.4. The highest BCUT2D eigenvalue weighted by Crippen LogP contribution is 2.40. The van der Waals surface area contributed by atoms with E-state index in [0.717, 1.165) is 44.1 Å². The summed E-state index contributed by atoms with van der Waals surface area (Å²) >= 11 is 0. The second kappa shape index (κ2) is 12.5. The Morgan fingerprint density at radius 3 is 2.66 bits per heavy atom. The molecule has 0 aliphatic heterocycles. The van der Waals surface area contributed by atoms with Crippen LogP contribution < -0.4 is 16.0 Å². The quantitative estimate of drug-likeness (QED) is 0.301. The second-order valence-corrected chi connectivity index (χ2v) is 7.89. The first-order valence-corrected chi connectivity index (χ1v) is 11.0. The molecule has 162 valence electrons. The summed E-state index contributed by atoms with van der Waals surface area (Å²) in [6.45, 7) is 7.95. The van der Waals surface area contributed by atoms with Gasteiger partial charge in [0, 0.05) is 45.5 Å². The van der Waals surface area contributed by atoms with E-state index >= 15 is 0 Å². The molecule has 0 atom stereocenters. The summed E-state index contributed by atoms with van der Waals surface area (Å²) in [5, 5.41) is 9.82. The Bertz CT molecular complexity index is 654. The Morgan fingerprint density at radius 1 is 1.17 bits per heavy atom. The van der Waals surface area contributed by atoms with Crippen molar-refractivity contribution in [1.82, 2.24) is 16.0 Å². The van der Waals surface area contributed by atoms with Crippen LogP contribution in [0.5, 0.6) is 0 Å². The summed E-state index contributed by atoms with van der Waals surface area (Å²) < 4.78 is 5.61. The van der Waals surface area contributed by atoms with Crippen LogP contribution in [0.2, 0.25) is 0 Å². The first-order valence-electron chi connectivity index (χ1n) is 11.0. The molecular formula is C23H38N4O2. The number of hydrogen-bond acceptors (Lipinski definition) is 3. The van der Waals surface area contributed by atoms with Crippen molar-refractivity contribution in [1.29, 1.82) is 0 Å². The van der Waals surface area contributed by atoms with Crippen molar-refractivity contribution in [2.75, 3.05) is 33.4 Å². The normalized spacial score (nSPS) is 15.9. The largest absolute Gasteiger partial charge is 0.382 e. The molecule has 1 aromatic carbocycles. The molecule has 1 saturated carbocycles. The van der Waals surface area contributed by atoms with E-state index in [1.54, 1.807) is 7.05 Å². The van der Waals surface area contributed by atoms with E-state index in [9.17, 15) is 4.79 Å². The van der Waals surface area contributed by atoms with Crippen LogP contribution in [0.1, 0.15) is 68.3 Å². The highest BCUT2D eigenvalue weighted by atomic mass is 16.5. The molecule has 0 radical (unpaired) electrons. The molecule has 0 unspecified atom stereocenters. The van der Waals surface area contributed by atoms with Gasteiger partial charge in [0.1, 0.15) is 0 Å². The molecule has 1 fully saturated rings. The van der Waals surface area contributed by atoms with Crippen molar-refractivity contribution in [3.8, 4) is 0 Å². The third-order valence-corrected chi connectivity index (χ3v) is 5.68. The van der Waals surface area contributed by atoms with Crippen LogP contribution in [0.25, 0.3) is 0 Å². The zero-order valence-corrected chi connectivity index (χ0v) is 18.4. The average Bonchev–Trinajstić information content (AvgIpc) is 3.21. The lowest BCUT2D eigenvalue weighted by atomic mass is 9.83. The van der Waals surface area contributed by atoms with Crippen molar-refractivity contribution in [3.05, 3.63) is 35.4 Å². The Labute approximate surface area is 175 Å². The first-order chi connectivity index (χ1) is 14.1. The van der Waals surface area contributed by atoms with Crippen molar-refractivity contribution >= 4 is 11.9 Å². The van der Waals surface area contributed by atoms with E-state index in [1.807, 2.05) is 38.1 Å². The predicted octanol–water partition coefficient (Wildman–Crippen LogP) is 3.48. The lowest BCUT2D eigenvalue weighted by Crippen LogP contribution is -2.43. The number of benzene rings is 1. The Balaban J connectivity index is 1.86. The maximum absolute atomic E-state index is 12.2. The summed E-state index contributed by atoms with van der Waals surface area (Å²) in [5.74, 6) is 0.780. The molecule has 1 aliphatic rings. The van der Waals surface area contributed by atoms with E-state index in [1.165, 1.54) is 25.7 Å². The van der Waals surface area contributed by atoms with E-state index in [0.29, 0.717) is 24.1 Å². The highest BCUT2D eigenvalue weighted by molar-refractivity contribution is 5.94. The van der Waals surface area contributed by atoms with Gasteiger partial charge in [-0.1, -0.05) is 31.9 Å². The van der Waals surface area contributed by atoms with Gasteiger partial charge in [0.15, 0.2) is 5.96 Å². The summed E-state index contributed by atoms with van der Waals surface area (Å²) in [6, 6.07) is 7.74. The Kier molecular flexibility index (Phi) is 9.98. The number of nitrogens with zero attached hydrogens (tertiary/aromatic N) is 1. The summed E-state index contributed by atoms with van der Waals surface area (Å²) in [6.07, 6.45) is 7.12. The standard InChI is InChI=1S/C23H38N4O2/c1-4-14-25-21(28)20-10-8-9-19(16-20)17-26-22(24-3)27-18-23(11-6-7-12-23)13-15-29-5-2/h8-10,16H,4-7,11-15,17-18H2,1-3H3,(H,25,28)(H2,24,26,27). The van der Waals surface area contributed by atoms with Gasteiger partial charge < -0.3 is 20.7 Å². The minimum absolute atomic E-state index is 0.0197. The maximum atomic E-state index is 12.2. The van der Waals surface area contributed by atoms with Gasteiger partial charge in [-0.2, -0.15) is 0 Å². The van der Waals surface area contributed by atoms with Gasteiger partial charge >= 0.3 is 0 Å². The van der Waals surface area contributed by atoms with Crippen molar-refractivity contribution in [2.24, 2.45) is 10.4 Å². The minimum Gasteiger partial charge on any atom is -0.382 e. The number of carbonyl (C=O) groups is 1. The molecule has 6 nitrogen and oxygen atoms in total. The third kappa shape index (κ3) is 7.69. The van der Waals surface area contributed by atoms with Gasteiger partial charge in [0.05, 0.1) is 0 Å². The topological polar surface area (TPSA) is 74.8 Å². The van der Waals surface area contributed by atoms with Crippen molar-refractivity contribution in [3.63, 3.8) is 0 Å². The fourth-order valence-corrected chi connectivity index (χ4v) is 3.91. The highest BCUT2D eigenvalue weighted by Gasteiger charge is 2.33. The van der Waals surface area contributed by atoms with Crippen LogP contribution in [0.15, 0.2) is 29.3 Å². The van der Waals surface area contributed by atoms with E-state index < -0.39 is 0 Å². The van der Waals surface area contributed by atoms with Crippen LogP contribution in [-0.2, 0) is 11.3 Å². The summed E-state index contributed by atoms with van der Waals surface area (Å²) in [5.41, 5.74) is 2.06. The molecule has 0 spiro atoms. The molecule has 0 aromatic heterocycles. The molecule has 0 bridgehead atoms. The second-order valence-electron chi connectivity index (χ2n) is 7.89. The summed E-state index contributed by atoms with van der Waals surface area (Å²) in [4.78, 5) is 16.5. The van der Waals surface area contributed by atoms with Crippen LogP contribution in [0.4, 0.5) is 0 Å². The van der Waals surface area contributed by atoms with E-state index in [4.69, 9.17) is 4.74 Å². The zero-order chi connectivity index (χ0) is 21.0. The molecule has 1 aliphatic carbocycles. The van der Waals surface area contributed by atoms with Crippen LogP contribution in [0.3, 0.4) is 0 Å². The van der Waals surface area contributed by atoms with Gasteiger partial charge in [-0.05, 0) is 55.7 Å². The number of carbonyl (C=O) groups excluding carboxylic acids is 1. The number of amides is 1. The Hall–Kier alpha value is -2.08. The smallest absolute Gasteiger partial charge is 0.251 e. The van der Waals surface area contributed by atoms with Gasteiger partial charge in [-0.25, -0.2) is 0 Å². The fourth-order valence-electron chi connectivity index (χ4n) is 3.91. The monoisotopic (exact) mass is 402 g/mol. The molecule has 2 rings (SSSR count). The van der Waals surface area contributed by atoms with Crippen LogP contribution in [0, 0.1) is 5.41 Å². The molecule has 1 aromatic rings. The first kappa shape index (κ1) is 23.2. The fraction of sp³-hybridized carbons (Fsp3) is 0.652. The van der Waals surface area contributed by atoms with Crippen molar-refractivity contribution in [2.45, 2.75) is 58.9 Å². The number of guanidine groups is 1. The number of rotatable bonds is 11. The van der Waals surface area contributed by atoms with Crippen molar-refractivity contribution < 1.29 is 9.53 Å². The lowest BCUT2D eigenvalue weighted by Gasteiger charge is -2.30. The maximum Gasteiger partial charge on any atom is 0.251 e. The average molecular weight is 403 g/mol. The SMILES string of the molecule is CCCNC(=O)c1cccc(CNC(=NC)NCC2(CCOCC)CCCC2)c1. The molecule has 0 saturated heterocycles. The molecule has 6 heteroatoms. The van der Waals surface area contributed by atoms with Gasteiger partial charge in [0.25, 0.3) is 5.91 Å². The molecule has 3 N–H and O–H groups in total. The van der Waals surface area contributed by atoms with Gasteiger partial charge in [0.2, 0.25) is 0 Å². The minimum atomic E-state index is -0.0197. The molecule has 0 heterocycles. The van der Waals surface area contributed by atoms with Gasteiger partial charge in [-0.3, -0.25) is 9.79 Å². The number of nitrogens with one attached hydrogen (secondary N) is 3. The molecular weight excluding hydrogens is 364 g/mol.